The van der Waals surface area contributed by atoms with Gasteiger partial charge in [-0.3, -0.25) is 4.79 Å². The number of carbonyl (C=O) groups excluding carboxylic acids is 1. The van der Waals surface area contributed by atoms with Crippen LogP contribution in [0, 0.1) is 6.92 Å². The first-order valence-corrected chi connectivity index (χ1v) is 7.71. The number of ether oxygens (including phenoxy) is 1. The van der Waals surface area contributed by atoms with Crippen LogP contribution in [0.1, 0.15) is 44.6 Å². The number of benzene rings is 1. The summed E-state index contributed by atoms with van der Waals surface area (Å²) in [7, 11) is 0. The van der Waals surface area contributed by atoms with E-state index in [-0.39, 0.29) is 5.91 Å². The van der Waals surface area contributed by atoms with Gasteiger partial charge in [0.15, 0.2) is 0 Å². The lowest BCUT2D eigenvalue weighted by atomic mass is 10.2. The normalized spacial score (nSPS) is 10.8. The van der Waals surface area contributed by atoms with Crippen LogP contribution in [0.2, 0.25) is 0 Å². The highest BCUT2D eigenvalue weighted by Gasteiger charge is 2.00. The first kappa shape index (κ1) is 17.3. The molecule has 1 N–H and O–H groups in total. The second-order valence-corrected chi connectivity index (χ2v) is 4.92. The summed E-state index contributed by atoms with van der Waals surface area (Å²) < 4.78 is 5.63. The van der Waals surface area contributed by atoms with Crippen molar-refractivity contribution in [2.24, 2.45) is 0 Å². The smallest absolute Gasteiger partial charge is 0.220 e. The Bertz CT molecular complexity index is 423. The van der Waals surface area contributed by atoms with Crippen LogP contribution in [-0.4, -0.2) is 19.1 Å². The molecule has 3 nitrogen and oxygen atoms in total. The minimum Gasteiger partial charge on any atom is -0.494 e. The van der Waals surface area contributed by atoms with Crippen LogP contribution in [0.4, 0.5) is 0 Å². The third-order valence-corrected chi connectivity index (χ3v) is 3.03. The Hall–Kier alpha value is -1.77. The van der Waals surface area contributed by atoms with Crippen LogP contribution < -0.4 is 10.1 Å². The molecule has 0 unspecified atom stereocenters. The van der Waals surface area contributed by atoms with E-state index in [4.69, 9.17) is 4.74 Å². The van der Waals surface area contributed by atoms with Gasteiger partial charge in [-0.15, -0.1) is 0 Å². The van der Waals surface area contributed by atoms with E-state index in [9.17, 15) is 4.79 Å². The van der Waals surface area contributed by atoms with Crippen molar-refractivity contribution < 1.29 is 9.53 Å². The van der Waals surface area contributed by atoms with Gasteiger partial charge in [-0.2, -0.15) is 0 Å². The third kappa shape index (κ3) is 8.18. The Labute approximate surface area is 128 Å². The van der Waals surface area contributed by atoms with Crippen molar-refractivity contribution in [3.63, 3.8) is 0 Å². The standard InChI is InChI=1S/C18H26NO2/c1-3-5-8-16-10-12-17(13-11-16)21-15-7-9-18(20)19-14-6-4-2/h5,8,10-13H,1,3-4,6-7,9,14-15H2,2H3,(H,19,20)/b8-5+. The molecule has 0 aliphatic carbocycles. The van der Waals surface area contributed by atoms with Gasteiger partial charge in [-0.1, -0.05) is 37.6 Å². The highest BCUT2D eigenvalue weighted by atomic mass is 16.5. The topological polar surface area (TPSA) is 38.3 Å². The number of unbranched alkanes of at least 4 members (excludes halogenated alkanes) is 1. The maximum Gasteiger partial charge on any atom is 0.220 e. The zero-order valence-electron chi connectivity index (χ0n) is 12.9. The van der Waals surface area contributed by atoms with Crippen LogP contribution in [-0.2, 0) is 4.79 Å². The second-order valence-electron chi connectivity index (χ2n) is 4.92. The zero-order valence-corrected chi connectivity index (χ0v) is 12.9. The fraction of sp³-hybridized carbons (Fsp3) is 0.444. The first-order chi connectivity index (χ1) is 10.3. The van der Waals surface area contributed by atoms with Crippen LogP contribution in [0.5, 0.6) is 5.75 Å². The number of nitrogens with one attached hydrogen (secondary N) is 1. The molecule has 0 saturated heterocycles. The Balaban J connectivity index is 2.17. The number of carbonyl (C=O) groups is 1. The SMILES string of the molecule is [CH2]C/C=C/c1ccc(OCCCC(=O)NCCCC)cc1. The van der Waals surface area contributed by atoms with Crippen LogP contribution in [0.3, 0.4) is 0 Å². The first-order valence-electron chi connectivity index (χ1n) is 7.71. The molecule has 0 heterocycles. The number of hydrogen-bond acceptors (Lipinski definition) is 2. The highest BCUT2D eigenvalue weighted by Crippen LogP contribution is 2.13. The van der Waals surface area contributed by atoms with Gasteiger partial charge in [0.2, 0.25) is 5.91 Å². The molecule has 0 bridgehead atoms. The van der Waals surface area contributed by atoms with Crippen molar-refractivity contribution in [2.45, 2.75) is 39.0 Å². The van der Waals surface area contributed by atoms with Gasteiger partial charge < -0.3 is 10.1 Å². The van der Waals surface area contributed by atoms with Gasteiger partial charge >= 0.3 is 0 Å². The van der Waals surface area contributed by atoms with Gasteiger partial charge in [-0.25, -0.2) is 0 Å². The van der Waals surface area contributed by atoms with E-state index in [1.165, 1.54) is 0 Å². The van der Waals surface area contributed by atoms with Crippen LogP contribution in [0.15, 0.2) is 30.3 Å². The molecule has 115 valence electrons. The maximum atomic E-state index is 11.5. The molecule has 0 aliphatic rings. The summed E-state index contributed by atoms with van der Waals surface area (Å²) in [5, 5.41) is 2.90. The molecule has 1 radical (unpaired) electrons. The molecule has 0 spiro atoms. The average molecular weight is 288 g/mol. The fourth-order valence-electron chi connectivity index (χ4n) is 1.81. The molecule has 0 aromatic heterocycles. The van der Waals surface area contributed by atoms with Crippen molar-refractivity contribution in [2.75, 3.05) is 13.2 Å². The predicted octanol–water partition coefficient (Wildman–Crippen LogP) is 4.00. The summed E-state index contributed by atoms with van der Waals surface area (Å²) in [6.07, 6.45) is 8.25. The summed E-state index contributed by atoms with van der Waals surface area (Å²) in [5.74, 6) is 0.953. The van der Waals surface area contributed by atoms with Crippen molar-refractivity contribution >= 4 is 12.0 Å². The lowest BCUT2D eigenvalue weighted by Crippen LogP contribution is -2.24. The zero-order chi connectivity index (χ0) is 15.3. The van der Waals surface area contributed by atoms with Gasteiger partial charge in [0.05, 0.1) is 6.61 Å². The molecule has 1 aromatic carbocycles. The molecule has 0 atom stereocenters. The van der Waals surface area contributed by atoms with Gasteiger partial charge in [0.25, 0.3) is 0 Å². The van der Waals surface area contributed by atoms with Crippen LogP contribution >= 0.6 is 0 Å². The van der Waals surface area contributed by atoms with Crippen molar-refractivity contribution in [3.8, 4) is 5.75 Å². The van der Waals surface area contributed by atoms with Crippen molar-refractivity contribution in [1.82, 2.24) is 5.32 Å². The highest BCUT2D eigenvalue weighted by molar-refractivity contribution is 5.75. The quantitative estimate of drug-likeness (QED) is 0.661. The maximum absolute atomic E-state index is 11.5. The molecule has 3 heteroatoms. The summed E-state index contributed by atoms with van der Waals surface area (Å²) >= 11 is 0. The van der Waals surface area contributed by atoms with E-state index in [2.05, 4.69) is 19.2 Å². The Morgan fingerprint density at radius 1 is 1.29 bits per heavy atom. The molecule has 0 fully saturated rings. The molecule has 1 aromatic rings. The predicted molar refractivity (Wildman–Crippen MR) is 88.1 cm³/mol. The number of hydrogen-bond donors (Lipinski definition) is 1. The molecular weight excluding hydrogens is 262 g/mol. The van der Waals surface area contributed by atoms with Crippen LogP contribution in [0.25, 0.3) is 6.08 Å². The van der Waals surface area contributed by atoms with E-state index in [0.29, 0.717) is 13.0 Å². The molecule has 0 saturated carbocycles. The fourth-order valence-corrected chi connectivity index (χ4v) is 1.81. The minimum atomic E-state index is 0.112. The minimum absolute atomic E-state index is 0.112. The average Bonchev–Trinajstić information content (AvgIpc) is 2.51. The molecule has 1 rings (SSSR count). The summed E-state index contributed by atoms with van der Waals surface area (Å²) in [4.78, 5) is 11.5. The monoisotopic (exact) mass is 288 g/mol. The number of amides is 1. The van der Waals surface area contributed by atoms with E-state index in [1.54, 1.807) is 0 Å². The van der Waals surface area contributed by atoms with Gasteiger partial charge in [0, 0.05) is 13.0 Å². The lowest BCUT2D eigenvalue weighted by Gasteiger charge is -2.07. The van der Waals surface area contributed by atoms with E-state index < -0.39 is 0 Å². The van der Waals surface area contributed by atoms with E-state index in [1.807, 2.05) is 36.4 Å². The number of allylic oxidation sites excluding steroid dienone is 1. The van der Waals surface area contributed by atoms with Gasteiger partial charge in [-0.05, 0) is 43.9 Å². The molecule has 21 heavy (non-hydrogen) atoms. The summed E-state index contributed by atoms with van der Waals surface area (Å²) in [5.41, 5.74) is 1.14. The van der Waals surface area contributed by atoms with Crippen molar-refractivity contribution in [1.29, 1.82) is 0 Å². The molecule has 1 amide bonds. The van der Waals surface area contributed by atoms with Gasteiger partial charge in [0.1, 0.15) is 5.75 Å². The summed E-state index contributed by atoms with van der Waals surface area (Å²) in [6.45, 7) is 7.21. The largest absolute Gasteiger partial charge is 0.494 e. The summed E-state index contributed by atoms with van der Waals surface area (Å²) in [6, 6.07) is 7.92. The molecule has 0 aliphatic heterocycles. The lowest BCUT2D eigenvalue weighted by molar-refractivity contribution is -0.121. The second kappa shape index (κ2) is 11.0. The van der Waals surface area contributed by atoms with E-state index >= 15 is 0 Å². The number of rotatable bonds is 10. The Kier molecular flexibility index (Phi) is 9.01. The Morgan fingerprint density at radius 3 is 2.71 bits per heavy atom. The Morgan fingerprint density at radius 2 is 2.05 bits per heavy atom. The third-order valence-electron chi connectivity index (χ3n) is 3.03. The van der Waals surface area contributed by atoms with Crippen molar-refractivity contribution in [3.05, 3.63) is 42.8 Å². The van der Waals surface area contributed by atoms with E-state index in [0.717, 1.165) is 43.5 Å². The molecular formula is C18H26NO2.